The maximum atomic E-state index is 5.93. The molecule has 2 nitrogen and oxygen atoms in total. The second kappa shape index (κ2) is 7.29. The van der Waals surface area contributed by atoms with Crippen molar-refractivity contribution in [2.75, 3.05) is 11.1 Å². The maximum Gasteiger partial charge on any atom is 0.107 e. The molecule has 0 aliphatic heterocycles. The van der Waals surface area contributed by atoms with E-state index in [-0.39, 0.29) is 0 Å². The molecule has 0 saturated carbocycles. The van der Waals surface area contributed by atoms with E-state index in [0.29, 0.717) is 4.99 Å². The number of aryl methyl sites for hydroxylation is 1. The van der Waals surface area contributed by atoms with E-state index in [2.05, 4.69) is 47.2 Å². The van der Waals surface area contributed by atoms with Crippen LogP contribution in [0.3, 0.4) is 0 Å². The topological polar surface area (TPSA) is 38.0 Å². The number of benzene rings is 2. The minimum Gasteiger partial charge on any atom is -0.389 e. The Morgan fingerprint density at radius 3 is 2.57 bits per heavy atom. The zero-order valence-electron chi connectivity index (χ0n) is 11.9. The van der Waals surface area contributed by atoms with Crippen LogP contribution >= 0.6 is 39.9 Å². The van der Waals surface area contributed by atoms with E-state index in [4.69, 9.17) is 18.0 Å². The normalized spacial score (nSPS) is 10.4. The highest BCUT2D eigenvalue weighted by Crippen LogP contribution is 2.33. The number of nitrogens with two attached hydrogens (primary N) is 1. The summed E-state index contributed by atoms with van der Waals surface area (Å²) in [5, 5.41) is 3.43. The van der Waals surface area contributed by atoms with Gasteiger partial charge in [0.15, 0.2) is 0 Å². The SMILES string of the molecule is CCSc1cccc(Nc2cccc(C)c2Br)c1C(N)=S. The van der Waals surface area contributed by atoms with Crippen LogP contribution in [0, 0.1) is 6.92 Å². The molecule has 0 bridgehead atoms. The van der Waals surface area contributed by atoms with E-state index in [1.807, 2.05) is 24.3 Å². The van der Waals surface area contributed by atoms with Crippen LogP contribution in [0.1, 0.15) is 18.1 Å². The molecule has 2 aromatic rings. The highest BCUT2D eigenvalue weighted by molar-refractivity contribution is 9.10. The highest BCUT2D eigenvalue weighted by atomic mass is 79.9. The van der Waals surface area contributed by atoms with Crippen LogP contribution in [0.2, 0.25) is 0 Å². The summed E-state index contributed by atoms with van der Waals surface area (Å²) in [4.78, 5) is 1.52. The number of hydrogen-bond donors (Lipinski definition) is 2. The molecule has 110 valence electrons. The maximum absolute atomic E-state index is 5.93. The van der Waals surface area contributed by atoms with Gasteiger partial charge in [0.05, 0.1) is 5.69 Å². The van der Waals surface area contributed by atoms with Gasteiger partial charge in [0.25, 0.3) is 0 Å². The van der Waals surface area contributed by atoms with Gasteiger partial charge in [-0.1, -0.05) is 37.3 Å². The van der Waals surface area contributed by atoms with Gasteiger partial charge >= 0.3 is 0 Å². The molecule has 5 heteroatoms. The molecule has 21 heavy (non-hydrogen) atoms. The van der Waals surface area contributed by atoms with E-state index in [1.54, 1.807) is 11.8 Å². The van der Waals surface area contributed by atoms with Crippen LogP contribution in [0.15, 0.2) is 45.8 Å². The molecular weight excluding hydrogens is 364 g/mol. The zero-order valence-corrected chi connectivity index (χ0v) is 15.2. The third kappa shape index (κ3) is 3.78. The first kappa shape index (κ1) is 16.3. The van der Waals surface area contributed by atoms with Gasteiger partial charge in [-0.05, 0) is 52.4 Å². The van der Waals surface area contributed by atoms with Gasteiger partial charge < -0.3 is 11.1 Å². The van der Waals surface area contributed by atoms with Crippen molar-refractivity contribution in [3.63, 3.8) is 0 Å². The lowest BCUT2D eigenvalue weighted by atomic mass is 10.1. The molecule has 2 rings (SSSR count). The Labute approximate surface area is 143 Å². The third-order valence-electron chi connectivity index (χ3n) is 3.03. The number of hydrogen-bond acceptors (Lipinski definition) is 3. The molecule has 0 saturated heterocycles. The lowest BCUT2D eigenvalue weighted by Crippen LogP contribution is -2.13. The Bertz CT molecular complexity index is 671. The van der Waals surface area contributed by atoms with Gasteiger partial charge in [0.1, 0.15) is 4.99 Å². The summed E-state index contributed by atoms with van der Waals surface area (Å²) in [5.74, 6) is 0.979. The van der Waals surface area contributed by atoms with Gasteiger partial charge in [-0.25, -0.2) is 0 Å². The molecule has 0 fully saturated rings. The zero-order chi connectivity index (χ0) is 15.4. The van der Waals surface area contributed by atoms with Crippen LogP contribution in [0.5, 0.6) is 0 Å². The van der Waals surface area contributed by atoms with Gasteiger partial charge in [-0.3, -0.25) is 0 Å². The summed E-state index contributed by atoms with van der Waals surface area (Å²) in [6.45, 7) is 4.18. The van der Waals surface area contributed by atoms with Crippen molar-refractivity contribution in [3.8, 4) is 0 Å². The molecule has 3 N–H and O–H groups in total. The molecule has 0 aliphatic carbocycles. The predicted molar refractivity (Wildman–Crippen MR) is 101 cm³/mol. The molecule has 0 radical (unpaired) electrons. The predicted octanol–water partition coefficient (Wildman–Crippen LogP) is 5.25. The van der Waals surface area contributed by atoms with Crippen molar-refractivity contribution < 1.29 is 0 Å². The number of thiocarbonyl (C=S) groups is 1. The number of nitrogens with one attached hydrogen (secondary N) is 1. The van der Waals surface area contributed by atoms with Gasteiger partial charge in [0, 0.05) is 20.6 Å². The van der Waals surface area contributed by atoms with Crippen LogP contribution in [0.25, 0.3) is 0 Å². The Morgan fingerprint density at radius 1 is 1.24 bits per heavy atom. The van der Waals surface area contributed by atoms with Crippen molar-refractivity contribution in [1.82, 2.24) is 0 Å². The van der Waals surface area contributed by atoms with E-state index in [1.165, 1.54) is 5.56 Å². The van der Waals surface area contributed by atoms with E-state index in [0.717, 1.165) is 32.1 Å². The van der Waals surface area contributed by atoms with Gasteiger partial charge in [-0.15, -0.1) is 11.8 Å². The summed E-state index contributed by atoms with van der Waals surface area (Å²) in [7, 11) is 0. The summed E-state index contributed by atoms with van der Waals surface area (Å²) < 4.78 is 1.05. The average Bonchev–Trinajstić information content (AvgIpc) is 2.44. The molecule has 0 aliphatic rings. The summed E-state index contributed by atoms with van der Waals surface area (Å²) in [6.07, 6.45) is 0. The first-order valence-corrected chi connectivity index (χ1v) is 8.81. The summed E-state index contributed by atoms with van der Waals surface area (Å²) in [6, 6.07) is 12.2. The first-order chi connectivity index (χ1) is 10.0. The van der Waals surface area contributed by atoms with Crippen molar-refractivity contribution in [2.45, 2.75) is 18.7 Å². The molecule has 0 heterocycles. The average molecular weight is 381 g/mol. The van der Waals surface area contributed by atoms with Crippen molar-refractivity contribution in [2.24, 2.45) is 5.73 Å². The van der Waals surface area contributed by atoms with Crippen LogP contribution in [-0.4, -0.2) is 10.7 Å². The largest absolute Gasteiger partial charge is 0.389 e. The fourth-order valence-electron chi connectivity index (χ4n) is 2.05. The molecule has 0 spiro atoms. The minimum atomic E-state index is 0.415. The van der Waals surface area contributed by atoms with Gasteiger partial charge in [0.2, 0.25) is 0 Å². The van der Waals surface area contributed by atoms with Crippen LogP contribution in [-0.2, 0) is 0 Å². The van der Waals surface area contributed by atoms with E-state index < -0.39 is 0 Å². The highest BCUT2D eigenvalue weighted by Gasteiger charge is 2.12. The van der Waals surface area contributed by atoms with E-state index >= 15 is 0 Å². The molecule has 0 unspecified atom stereocenters. The smallest absolute Gasteiger partial charge is 0.107 e. The van der Waals surface area contributed by atoms with Crippen molar-refractivity contribution in [1.29, 1.82) is 0 Å². The van der Waals surface area contributed by atoms with Crippen LogP contribution in [0.4, 0.5) is 11.4 Å². The fourth-order valence-corrected chi connectivity index (χ4v) is 3.55. The van der Waals surface area contributed by atoms with Crippen LogP contribution < -0.4 is 11.1 Å². The Balaban J connectivity index is 2.46. The number of thioether (sulfide) groups is 1. The lowest BCUT2D eigenvalue weighted by molar-refractivity contribution is 1.36. The Morgan fingerprint density at radius 2 is 1.90 bits per heavy atom. The van der Waals surface area contributed by atoms with Crippen molar-refractivity contribution >= 4 is 56.3 Å². The fraction of sp³-hybridized carbons (Fsp3) is 0.188. The third-order valence-corrected chi connectivity index (χ3v) is 5.23. The quantitative estimate of drug-likeness (QED) is 0.548. The summed E-state index contributed by atoms with van der Waals surface area (Å²) >= 11 is 10.6. The molecule has 0 aromatic heterocycles. The number of halogens is 1. The Kier molecular flexibility index (Phi) is 5.67. The molecule has 0 atom stereocenters. The minimum absolute atomic E-state index is 0.415. The van der Waals surface area contributed by atoms with E-state index in [9.17, 15) is 0 Å². The van der Waals surface area contributed by atoms with Crippen molar-refractivity contribution in [3.05, 3.63) is 52.0 Å². The second-order valence-corrected chi connectivity index (χ2v) is 7.08. The standard InChI is InChI=1S/C16H17BrN2S2/c1-3-21-13-9-5-7-11(14(13)16(18)20)19-12-8-4-6-10(2)15(12)17/h4-9,19H,3H2,1-2H3,(H2,18,20). The molecule has 0 amide bonds. The molecular formula is C16H17BrN2S2. The number of rotatable bonds is 5. The lowest BCUT2D eigenvalue weighted by Gasteiger charge is -2.16. The summed E-state index contributed by atoms with van der Waals surface area (Å²) in [5.41, 5.74) is 9.96. The first-order valence-electron chi connectivity index (χ1n) is 6.62. The molecule has 2 aromatic carbocycles. The van der Waals surface area contributed by atoms with Gasteiger partial charge in [-0.2, -0.15) is 0 Å². The second-order valence-electron chi connectivity index (χ2n) is 4.54. The monoisotopic (exact) mass is 380 g/mol. The number of anilines is 2. The Hall–Kier alpha value is -1.04.